The molecule has 2 rings (SSSR count). The Labute approximate surface area is 83.0 Å². The molecule has 0 saturated carbocycles. The summed E-state index contributed by atoms with van der Waals surface area (Å²) in [6.07, 6.45) is 0.915. The third kappa shape index (κ3) is 1.49. The second kappa shape index (κ2) is 3.59. The molecule has 76 valence electrons. The molecule has 0 aromatic heterocycles. The van der Waals surface area contributed by atoms with Crippen LogP contribution in [0, 0.1) is 0 Å². The molecule has 0 spiro atoms. The van der Waals surface area contributed by atoms with Crippen LogP contribution in [-0.4, -0.2) is 23.4 Å². The molecule has 1 aromatic carbocycles. The maximum absolute atomic E-state index is 10.3. The summed E-state index contributed by atoms with van der Waals surface area (Å²) in [5.41, 5.74) is -0.121. The first kappa shape index (κ1) is 9.49. The zero-order chi connectivity index (χ0) is 10.0. The lowest BCUT2D eigenvalue weighted by atomic mass is 9.85. The van der Waals surface area contributed by atoms with Gasteiger partial charge >= 0.3 is 0 Å². The summed E-state index contributed by atoms with van der Waals surface area (Å²) in [6.45, 7) is 0.498. The molecular formula is C11H14O3. The smallest absolute Gasteiger partial charge is 0.125 e. The summed E-state index contributed by atoms with van der Waals surface area (Å²) in [5.74, 6) is 0.731. The van der Waals surface area contributed by atoms with Crippen LogP contribution < -0.4 is 4.74 Å². The van der Waals surface area contributed by atoms with Crippen LogP contribution in [-0.2, 0) is 5.60 Å². The Morgan fingerprint density at radius 2 is 2.14 bits per heavy atom. The summed E-state index contributed by atoms with van der Waals surface area (Å²) < 4.78 is 5.42. The van der Waals surface area contributed by atoms with E-state index in [0.29, 0.717) is 19.4 Å². The molecule has 3 nitrogen and oxygen atoms in total. The van der Waals surface area contributed by atoms with Gasteiger partial charge in [0.05, 0.1) is 12.2 Å². The monoisotopic (exact) mass is 194 g/mol. The number of hydrogen-bond donors (Lipinski definition) is 2. The van der Waals surface area contributed by atoms with Crippen LogP contribution in [0.4, 0.5) is 0 Å². The van der Waals surface area contributed by atoms with E-state index in [-0.39, 0.29) is 6.61 Å². The van der Waals surface area contributed by atoms with Crippen LogP contribution in [0.5, 0.6) is 5.75 Å². The molecule has 1 unspecified atom stereocenters. The van der Waals surface area contributed by atoms with Gasteiger partial charge in [-0.2, -0.15) is 0 Å². The van der Waals surface area contributed by atoms with Gasteiger partial charge in [0.25, 0.3) is 0 Å². The molecular weight excluding hydrogens is 180 g/mol. The Morgan fingerprint density at radius 3 is 2.93 bits per heavy atom. The van der Waals surface area contributed by atoms with Gasteiger partial charge in [-0.15, -0.1) is 0 Å². The third-order valence-electron chi connectivity index (χ3n) is 2.69. The molecule has 0 radical (unpaired) electrons. The highest BCUT2D eigenvalue weighted by atomic mass is 16.5. The summed E-state index contributed by atoms with van der Waals surface area (Å²) >= 11 is 0. The normalized spacial score (nSPS) is 25.3. The fraction of sp³-hybridized carbons (Fsp3) is 0.455. The Hall–Kier alpha value is -1.06. The number of aliphatic hydroxyl groups is 2. The second-order valence-corrected chi connectivity index (χ2v) is 3.60. The second-order valence-electron chi connectivity index (χ2n) is 3.60. The topological polar surface area (TPSA) is 49.7 Å². The molecule has 1 aliphatic heterocycles. The molecule has 0 amide bonds. The van der Waals surface area contributed by atoms with Gasteiger partial charge in [0.2, 0.25) is 0 Å². The zero-order valence-corrected chi connectivity index (χ0v) is 7.94. The number of rotatable bonds is 2. The SMILES string of the molecule is OCCC1(O)CCOc2ccccc21. The maximum atomic E-state index is 10.3. The van der Waals surface area contributed by atoms with Crippen molar-refractivity contribution in [2.45, 2.75) is 18.4 Å². The van der Waals surface area contributed by atoms with E-state index in [1.807, 2.05) is 24.3 Å². The van der Waals surface area contributed by atoms with Crippen molar-refractivity contribution in [2.24, 2.45) is 0 Å². The lowest BCUT2D eigenvalue weighted by Gasteiger charge is -2.33. The molecule has 14 heavy (non-hydrogen) atoms. The molecule has 1 aliphatic rings. The fourth-order valence-electron chi connectivity index (χ4n) is 1.89. The van der Waals surface area contributed by atoms with Crippen LogP contribution >= 0.6 is 0 Å². The fourth-order valence-corrected chi connectivity index (χ4v) is 1.89. The van der Waals surface area contributed by atoms with Crippen LogP contribution in [0.15, 0.2) is 24.3 Å². The molecule has 0 fully saturated rings. The summed E-state index contributed by atoms with van der Waals surface area (Å²) in [5, 5.41) is 19.2. The average Bonchev–Trinajstić information content (AvgIpc) is 2.19. The Bertz CT molecular complexity index is 324. The standard InChI is InChI=1S/C11H14O3/c12-7-5-11(13)6-8-14-10-4-2-1-3-9(10)11/h1-4,12-13H,5-8H2. The third-order valence-corrected chi connectivity index (χ3v) is 2.69. The minimum absolute atomic E-state index is 0.00909. The van der Waals surface area contributed by atoms with Crippen molar-refractivity contribution in [2.75, 3.05) is 13.2 Å². The molecule has 2 N–H and O–H groups in total. The highest BCUT2D eigenvalue weighted by Gasteiger charge is 2.34. The first-order chi connectivity index (χ1) is 6.76. The van der Waals surface area contributed by atoms with Gasteiger partial charge < -0.3 is 14.9 Å². The molecule has 1 heterocycles. The van der Waals surface area contributed by atoms with Crippen molar-refractivity contribution < 1.29 is 14.9 Å². The van der Waals surface area contributed by atoms with Gasteiger partial charge in [0.1, 0.15) is 5.75 Å². The van der Waals surface area contributed by atoms with E-state index in [2.05, 4.69) is 0 Å². The minimum Gasteiger partial charge on any atom is -0.493 e. The Balaban J connectivity index is 2.39. The first-order valence-electron chi connectivity index (χ1n) is 4.82. The van der Waals surface area contributed by atoms with Crippen molar-refractivity contribution in [3.8, 4) is 5.75 Å². The predicted molar refractivity (Wildman–Crippen MR) is 52.2 cm³/mol. The summed E-state index contributed by atoms with van der Waals surface area (Å²) in [7, 11) is 0. The van der Waals surface area contributed by atoms with Gasteiger partial charge in [-0.25, -0.2) is 0 Å². The molecule has 1 aromatic rings. The van der Waals surface area contributed by atoms with E-state index >= 15 is 0 Å². The van der Waals surface area contributed by atoms with E-state index in [4.69, 9.17) is 9.84 Å². The van der Waals surface area contributed by atoms with Gasteiger partial charge in [-0.1, -0.05) is 18.2 Å². The van der Waals surface area contributed by atoms with Crippen LogP contribution in [0.25, 0.3) is 0 Å². The van der Waals surface area contributed by atoms with E-state index in [0.717, 1.165) is 11.3 Å². The number of benzene rings is 1. The van der Waals surface area contributed by atoms with Crippen molar-refractivity contribution in [1.29, 1.82) is 0 Å². The summed E-state index contributed by atoms with van der Waals surface area (Å²) in [6, 6.07) is 7.44. The Morgan fingerprint density at radius 1 is 1.36 bits per heavy atom. The predicted octanol–water partition coefficient (Wildman–Crippen LogP) is 1.04. The van der Waals surface area contributed by atoms with Crippen LogP contribution in [0.3, 0.4) is 0 Å². The molecule has 0 aliphatic carbocycles. The average molecular weight is 194 g/mol. The van der Waals surface area contributed by atoms with Crippen molar-refractivity contribution in [3.05, 3.63) is 29.8 Å². The number of ether oxygens (including phenoxy) is 1. The van der Waals surface area contributed by atoms with Crippen LogP contribution in [0.1, 0.15) is 18.4 Å². The summed E-state index contributed by atoms with van der Waals surface area (Å²) in [4.78, 5) is 0. The molecule has 1 atom stereocenters. The van der Waals surface area contributed by atoms with Gasteiger partial charge in [-0.05, 0) is 6.07 Å². The van der Waals surface area contributed by atoms with Crippen molar-refractivity contribution in [1.82, 2.24) is 0 Å². The molecule has 3 heteroatoms. The maximum Gasteiger partial charge on any atom is 0.125 e. The van der Waals surface area contributed by atoms with Crippen molar-refractivity contribution >= 4 is 0 Å². The van der Waals surface area contributed by atoms with E-state index in [1.165, 1.54) is 0 Å². The molecule has 0 saturated heterocycles. The van der Waals surface area contributed by atoms with E-state index in [1.54, 1.807) is 0 Å². The minimum atomic E-state index is -0.913. The largest absolute Gasteiger partial charge is 0.493 e. The van der Waals surface area contributed by atoms with E-state index in [9.17, 15) is 5.11 Å². The van der Waals surface area contributed by atoms with Gasteiger partial charge in [0.15, 0.2) is 0 Å². The lowest BCUT2D eigenvalue weighted by molar-refractivity contribution is -0.0222. The van der Waals surface area contributed by atoms with Gasteiger partial charge in [0, 0.05) is 25.0 Å². The van der Waals surface area contributed by atoms with Gasteiger partial charge in [-0.3, -0.25) is 0 Å². The molecule has 0 bridgehead atoms. The number of aliphatic hydroxyl groups excluding tert-OH is 1. The quantitative estimate of drug-likeness (QED) is 0.739. The highest BCUT2D eigenvalue weighted by molar-refractivity contribution is 5.39. The number of fused-ring (bicyclic) bond motifs is 1. The first-order valence-corrected chi connectivity index (χ1v) is 4.82. The Kier molecular flexibility index (Phi) is 2.44. The number of hydrogen-bond acceptors (Lipinski definition) is 3. The lowest BCUT2D eigenvalue weighted by Crippen LogP contribution is -2.33. The number of para-hydroxylation sites is 1. The van der Waals surface area contributed by atoms with Crippen molar-refractivity contribution in [3.63, 3.8) is 0 Å². The zero-order valence-electron chi connectivity index (χ0n) is 7.94. The van der Waals surface area contributed by atoms with E-state index < -0.39 is 5.60 Å². The van der Waals surface area contributed by atoms with Crippen LogP contribution in [0.2, 0.25) is 0 Å². The highest BCUT2D eigenvalue weighted by Crippen LogP contribution is 2.38.